The Morgan fingerprint density at radius 3 is 2.79 bits per heavy atom. The van der Waals surface area contributed by atoms with Crippen LogP contribution < -0.4 is 10.1 Å². The van der Waals surface area contributed by atoms with E-state index in [2.05, 4.69) is 5.32 Å². The number of aliphatic hydroxyl groups is 1. The van der Waals surface area contributed by atoms with Crippen LogP contribution in [0, 0.1) is 11.3 Å². The van der Waals surface area contributed by atoms with Crippen LogP contribution in [0.15, 0.2) is 18.2 Å². The second-order valence-corrected chi connectivity index (χ2v) is 5.88. The van der Waals surface area contributed by atoms with E-state index < -0.39 is 12.1 Å². The van der Waals surface area contributed by atoms with E-state index in [4.69, 9.17) is 10.00 Å². The fraction of sp³-hybridized carbons (Fsp3) is 0.471. The van der Waals surface area contributed by atoms with Gasteiger partial charge in [-0.2, -0.15) is 5.26 Å². The van der Waals surface area contributed by atoms with Crippen LogP contribution in [0.25, 0.3) is 0 Å². The normalized spacial score (nSPS) is 21.0. The molecule has 0 bridgehead atoms. The summed E-state index contributed by atoms with van der Waals surface area (Å²) in [7, 11) is 1.50. The number of β-amino-alcohol motifs (C(OH)–C–C–N with tert-alkyl or cyclic N) is 1. The molecular weight excluding hydrogens is 310 g/mol. The maximum atomic E-state index is 12.5. The van der Waals surface area contributed by atoms with Crippen LogP contribution in [-0.2, 0) is 9.59 Å². The first-order valence-corrected chi connectivity index (χ1v) is 7.71. The molecule has 0 saturated carbocycles. The first-order valence-electron chi connectivity index (χ1n) is 7.71. The van der Waals surface area contributed by atoms with Gasteiger partial charge in [-0.3, -0.25) is 9.59 Å². The van der Waals surface area contributed by atoms with Crippen molar-refractivity contribution < 1.29 is 19.4 Å². The SMILES string of the molecule is COc1cc(C#N)ccc1[C@H](C)NC(=O)[C@H]1C[C@@H](O)CN1C(C)=O. The quantitative estimate of drug-likeness (QED) is 0.846. The van der Waals surface area contributed by atoms with Gasteiger partial charge in [0.2, 0.25) is 11.8 Å². The number of hydrogen-bond donors (Lipinski definition) is 2. The van der Waals surface area contributed by atoms with E-state index >= 15 is 0 Å². The molecule has 1 aromatic carbocycles. The van der Waals surface area contributed by atoms with Crippen LogP contribution in [0.4, 0.5) is 0 Å². The van der Waals surface area contributed by atoms with Gasteiger partial charge in [0, 0.05) is 25.5 Å². The minimum Gasteiger partial charge on any atom is -0.496 e. The number of hydrogen-bond acceptors (Lipinski definition) is 5. The molecule has 1 aliphatic rings. The Morgan fingerprint density at radius 1 is 1.50 bits per heavy atom. The fourth-order valence-electron chi connectivity index (χ4n) is 2.94. The lowest BCUT2D eigenvalue weighted by molar-refractivity contribution is -0.137. The van der Waals surface area contributed by atoms with Gasteiger partial charge in [0.25, 0.3) is 0 Å². The lowest BCUT2D eigenvalue weighted by Crippen LogP contribution is -2.45. The van der Waals surface area contributed by atoms with Crippen LogP contribution in [0.1, 0.15) is 37.4 Å². The van der Waals surface area contributed by atoms with Crippen molar-refractivity contribution in [3.63, 3.8) is 0 Å². The van der Waals surface area contributed by atoms with Gasteiger partial charge >= 0.3 is 0 Å². The van der Waals surface area contributed by atoms with E-state index in [1.54, 1.807) is 25.1 Å². The van der Waals surface area contributed by atoms with E-state index in [1.807, 2.05) is 6.07 Å². The van der Waals surface area contributed by atoms with Crippen LogP contribution in [-0.4, -0.2) is 47.6 Å². The number of nitriles is 1. The summed E-state index contributed by atoms with van der Waals surface area (Å²) < 4.78 is 5.29. The average molecular weight is 331 g/mol. The van der Waals surface area contributed by atoms with Crippen molar-refractivity contribution in [2.24, 2.45) is 0 Å². The molecule has 7 nitrogen and oxygen atoms in total. The molecule has 2 rings (SSSR count). The van der Waals surface area contributed by atoms with Crippen LogP contribution in [0.2, 0.25) is 0 Å². The first kappa shape index (κ1) is 17.8. The lowest BCUT2D eigenvalue weighted by Gasteiger charge is -2.24. The highest BCUT2D eigenvalue weighted by molar-refractivity contribution is 5.88. The molecular formula is C17H21N3O4. The number of nitrogens with zero attached hydrogens (tertiary/aromatic N) is 2. The smallest absolute Gasteiger partial charge is 0.243 e. The zero-order valence-electron chi connectivity index (χ0n) is 13.9. The molecule has 0 aromatic heterocycles. The second-order valence-electron chi connectivity index (χ2n) is 5.88. The summed E-state index contributed by atoms with van der Waals surface area (Å²) in [5.41, 5.74) is 1.20. The number of carbonyl (C=O) groups excluding carboxylic acids is 2. The largest absolute Gasteiger partial charge is 0.496 e. The highest BCUT2D eigenvalue weighted by atomic mass is 16.5. The fourth-order valence-corrected chi connectivity index (χ4v) is 2.94. The van der Waals surface area contributed by atoms with Crippen molar-refractivity contribution in [3.05, 3.63) is 29.3 Å². The Bertz CT molecular complexity index is 683. The maximum Gasteiger partial charge on any atom is 0.243 e. The number of methoxy groups -OCH3 is 1. The zero-order chi connectivity index (χ0) is 17.9. The molecule has 2 amide bonds. The minimum absolute atomic E-state index is 0.169. The van der Waals surface area contributed by atoms with Gasteiger partial charge in [0.1, 0.15) is 11.8 Å². The molecule has 1 saturated heterocycles. The summed E-state index contributed by atoms with van der Waals surface area (Å²) in [5, 5.41) is 21.5. The van der Waals surface area contributed by atoms with Gasteiger partial charge in [-0.25, -0.2) is 0 Å². The maximum absolute atomic E-state index is 12.5. The number of aliphatic hydroxyl groups excluding tert-OH is 1. The Kier molecular flexibility index (Phi) is 5.42. The van der Waals surface area contributed by atoms with Crippen molar-refractivity contribution in [2.75, 3.05) is 13.7 Å². The molecule has 0 radical (unpaired) electrons. The average Bonchev–Trinajstić information content (AvgIpc) is 2.96. The Balaban J connectivity index is 2.14. The Morgan fingerprint density at radius 2 is 2.21 bits per heavy atom. The van der Waals surface area contributed by atoms with Gasteiger partial charge < -0.3 is 20.1 Å². The summed E-state index contributed by atoms with van der Waals surface area (Å²) in [4.78, 5) is 25.5. The predicted molar refractivity (Wildman–Crippen MR) is 86.1 cm³/mol. The number of amides is 2. The minimum atomic E-state index is -0.690. The van der Waals surface area contributed by atoms with Crippen LogP contribution in [0.3, 0.4) is 0 Å². The molecule has 24 heavy (non-hydrogen) atoms. The van der Waals surface area contributed by atoms with Crippen molar-refractivity contribution in [3.8, 4) is 11.8 Å². The van der Waals surface area contributed by atoms with Crippen molar-refractivity contribution in [1.82, 2.24) is 10.2 Å². The number of likely N-dealkylation sites (tertiary alicyclic amines) is 1. The van der Waals surface area contributed by atoms with Crippen molar-refractivity contribution >= 4 is 11.8 Å². The van der Waals surface area contributed by atoms with Crippen molar-refractivity contribution in [2.45, 2.75) is 38.5 Å². The van der Waals surface area contributed by atoms with E-state index in [0.29, 0.717) is 11.3 Å². The molecule has 0 spiro atoms. The number of ether oxygens (including phenoxy) is 1. The van der Waals surface area contributed by atoms with Gasteiger partial charge in [0.15, 0.2) is 0 Å². The third-order valence-corrected chi connectivity index (χ3v) is 4.17. The standard InChI is InChI=1S/C17H21N3O4/c1-10(14-5-4-12(8-18)6-16(14)24-3)19-17(23)15-7-13(22)9-20(15)11(2)21/h4-6,10,13,15,22H,7,9H2,1-3H3,(H,19,23)/t10-,13+,15+/m0/s1. The predicted octanol–water partition coefficient (Wildman–Crippen LogP) is 0.726. The summed E-state index contributed by atoms with van der Waals surface area (Å²) in [5.74, 6) is -0.0484. The second kappa shape index (κ2) is 7.32. The van der Waals surface area contributed by atoms with Gasteiger partial charge in [-0.15, -0.1) is 0 Å². The zero-order valence-corrected chi connectivity index (χ0v) is 13.9. The van der Waals surface area contributed by atoms with E-state index in [0.717, 1.165) is 5.56 Å². The summed E-state index contributed by atoms with van der Waals surface area (Å²) in [6, 6.07) is 5.99. The van der Waals surface area contributed by atoms with Gasteiger partial charge in [-0.05, 0) is 19.1 Å². The molecule has 0 unspecified atom stereocenters. The summed E-state index contributed by atoms with van der Waals surface area (Å²) in [6.45, 7) is 3.35. The molecule has 1 heterocycles. The Hall–Kier alpha value is -2.59. The molecule has 1 aromatic rings. The lowest BCUT2D eigenvalue weighted by atomic mass is 10.0. The van der Waals surface area contributed by atoms with Gasteiger partial charge in [0.05, 0.1) is 30.9 Å². The number of nitrogens with one attached hydrogen (secondary N) is 1. The molecule has 1 aliphatic heterocycles. The Labute approximate surface area is 140 Å². The molecule has 3 atom stereocenters. The van der Waals surface area contributed by atoms with Crippen LogP contribution >= 0.6 is 0 Å². The monoisotopic (exact) mass is 331 g/mol. The topological polar surface area (TPSA) is 103 Å². The molecule has 7 heteroatoms. The highest BCUT2D eigenvalue weighted by Crippen LogP contribution is 2.27. The summed E-state index contributed by atoms with van der Waals surface area (Å²) in [6.07, 6.45) is -0.466. The van der Waals surface area contributed by atoms with Crippen molar-refractivity contribution in [1.29, 1.82) is 5.26 Å². The summed E-state index contributed by atoms with van der Waals surface area (Å²) >= 11 is 0. The molecule has 0 aliphatic carbocycles. The van der Waals surface area contributed by atoms with E-state index in [9.17, 15) is 14.7 Å². The third-order valence-electron chi connectivity index (χ3n) is 4.17. The van der Waals surface area contributed by atoms with E-state index in [-0.39, 0.29) is 30.8 Å². The molecule has 128 valence electrons. The molecule has 2 N–H and O–H groups in total. The number of carbonyl (C=O) groups is 2. The number of benzene rings is 1. The highest BCUT2D eigenvalue weighted by Gasteiger charge is 2.37. The van der Waals surface area contributed by atoms with E-state index in [1.165, 1.54) is 18.9 Å². The first-order chi connectivity index (χ1) is 11.4. The van der Waals surface area contributed by atoms with Gasteiger partial charge in [-0.1, -0.05) is 6.07 Å². The third kappa shape index (κ3) is 3.66. The molecule has 1 fully saturated rings. The number of rotatable bonds is 4. The van der Waals surface area contributed by atoms with Crippen LogP contribution in [0.5, 0.6) is 5.75 Å².